The van der Waals surface area contributed by atoms with E-state index in [1.807, 2.05) is 0 Å². The minimum atomic E-state index is 0.505. The van der Waals surface area contributed by atoms with Crippen LogP contribution in [0.5, 0.6) is 0 Å². The normalized spacial score (nSPS) is 17.7. The van der Waals surface area contributed by atoms with Crippen molar-refractivity contribution in [1.82, 2.24) is 4.90 Å². The Hall–Kier alpha value is -1.80. The third-order valence-corrected chi connectivity index (χ3v) is 4.60. The Kier molecular flexibility index (Phi) is 4.26. The Morgan fingerprint density at radius 1 is 0.810 bits per heavy atom. The van der Waals surface area contributed by atoms with Gasteiger partial charge in [0.1, 0.15) is 0 Å². The molecule has 2 nitrogen and oxygen atoms in total. The standard InChI is InChI=1S/C19H24N2/c1-16-8-6-7-11-19(16)21-14-12-20(13-15-21)17(2)18-9-4-3-5-10-18/h3-11,17H,12-15H2,1-2H3. The van der Waals surface area contributed by atoms with Crippen molar-refractivity contribution in [2.75, 3.05) is 31.1 Å². The van der Waals surface area contributed by atoms with Gasteiger partial charge in [0.15, 0.2) is 0 Å². The highest BCUT2D eigenvalue weighted by molar-refractivity contribution is 5.53. The first-order valence-corrected chi connectivity index (χ1v) is 7.85. The zero-order chi connectivity index (χ0) is 14.7. The molecule has 0 saturated carbocycles. The summed E-state index contributed by atoms with van der Waals surface area (Å²) in [6.07, 6.45) is 0. The number of para-hydroxylation sites is 1. The largest absolute Gasteiger partial charge is 0.369 e. The van der Waals surface area contributed by atoms with Crippen LogP contribution in [0, 0.1) is 6.92 Å². The van der Waals surface area contributed by atoms with Crippen molar-refractivity contribution in [2.45, 2.75) is 19.9 Å². The molecule has 3 rings (SSSR count). The lowest BCUT2D eigenvalue weighted by Gasteiger charge is -2.39. The number of benzene rings is 2. The van der Waals surface area contributed by atoms with Crippen LogP contribution in [0.25, 0.3) is 0 Å². The molecule has 2 heteroatoms. The van der Waals surface area contributed by atoms with Gasteiger partial charge in [-0.15, -0.1) is 0 Å². The minimum absolute atomic E-state index is 0.505. The Morgan fingerprint density at radius 2 is 1.43 bits per heavy atom. The van der Waals surface area contributed by atoms with Crippen molar-refractivity contribution in [1.29, 1.82) is 0 Å². The average Bonchev–Trinajstić information content (AvgIpc) is 2.56. The summed E-state index contributed by atoms with van der Waals surface area (Å²) in [4.78, 5) is 5.10. The van der Waals surface area contributed by atoms with Crippen LogP contribution in [-0.2, 0) is 0 Å². The topological polar surface area (TPSA) is 6.48 Å². The second-order valence-corrected chi connectivity index (χ2v) is 5.90. The predicted octanol–water partition coefficient (Wildman–Crippen LogP) is 3.88. The van der Waals surface area contributed by atoms with Gasteiger partial charge in [0.25, 0.3) is 0 Å². The van der Waals surface area contributed by atoms with E-state index in [9.17, 15) is 0 Å². The number of hydrogen-bond acceptors (Lipinski definition) is 2. The molecule has 21 heavy (non-hydrogen) atoms. The van der Waals surface area contributed by atoms with E-state index >= 15 is 0 Å². The van der Waals surface area contributed by atoms with Gasteiger partial charge in [0.05, 0.1) is 0 Å². The quantitative estimate of drug-likeness (QED) is 0.842. The van der Waals surface area contributed by atoms with Crippen molar-refractivity contribution >= 4 is 5.69 Å². The van der Waals surface area contributed by atoms with Crippen LogP contribution in [0.1, 0.15) is 24.1 Å². The first kappa shape index (κ1) is 14.2. The molecule has 0 spiro atoms. The Morgan fingerprint density at radius 3 is 2.10 bits per heavy atom. The number of piperazine rings is 1. The summed E-state index contributed by atoms with van der Waals surface area (Å²) in [5, 5.41) is 0. The van der Waals surface area contributed by atoms with Crippen LogP contribution in [0.15, 0.2) is 54.6 Å². The van der Waals surface area contributed by atoms with E-state index in [1.54, 1.807) is 0 Å². The maximum absolute atomic E-state index is 2.59. The monoisotopic (exact) mass is 280 g/mol. The van der Waals surface area contributed by atoms with Crippen molar-refractivity contribution in [3.05, 3.63) is 65.7 Å². The zero-order valence-corrected chi connectivity index (χ0v) is 13.0. The maximum Gasteiger partial charge on any atom is 0.0396 e. The SMILES string of the molecule is Cc1ccccc1N1CCN(C(C)c2ccccc2)CC1. The molecule has 1 atom stereocenters. The lowest BCUT2D eigenvalue weighted by atomic mass is 10.1. The first-order chi connectivity index (χ1) is 10.3. The lowest BCUT2D eigenvalue weighted by Crippen LogP contribution is -2.47. The number of hydrogen-bond donors (Lipinski definition) is 0. The van der Waals surface area contributed by atoms with Crippen molar-refractivity contribution in [2.24, 2.45) is 0 Å². The van der Waals surface area contributed by atoms with Crippen LogP contribution >= 0.6 is 0 Å². The number of rotatable bonds is 3. The van der Waals surface area contributed by atoms with Gasteiger partial charge in [-0.25, -0.2) is 0 Å². The van der Waals surface area contributed by atoms with E-state index in [0.717, 1.165) is 26.2 Å². The van der Waals surface area contributed by atoms with E-state index in [2.05, 4.69) is 78.2 Å². The molecule has 1 heterocycles. The summed E-state index contributed by atoms with van der Waals surface area (Å²) < 4.78 is 0. The summed E-state index contributed by atoms with van der Waals surface area (Å²) in [6, 6.07) is 20.0. The molecule has 2 aromatic rings. The fraction of sp³-hybridized carbons (Fsp3) is 0.368. The van der Waals surface area contributed by atoms with Crippen LogP contribution in [0.3, 0.4) is 0 Å². The van der Waals surface area contributed by atoms with Gasteiger partial charge in [-0.05, 0) is 31.0 Å². The summed E-state index contributed by atoms with van der Waals surface area (Å²) in [6.45, 7) is 9.01. The molecule has 110 valence electrons. The molecule has 1 aliphatic heterocycles. The van der Waals surface area contributed by atoms with Gasteiger partial charge < -0.3 is 4.90 Å². The third-order valence-electron chi connectivity index (χ3n) is 4.60. The fourth-order valence-corrected chi connectivity index (χ4v) is 3.21. The summed E-state index contributed by atoms with van der Waals surface area (Å²) in [5.41, 5.74) is 4.19. The lowest BCUT2D eigenvalue weighted by molar-refractivity contribution is 0.198. The Labute approximate surface area is 128 Å². The van der Waals surface area contributed by atoms with E-state index in [-0.39, 0.29) is 0 Å². The molecule has 0 radical (unpaired) electrons. The highest BCUT2D eigenvalue weighted by atomic mass is 15.3. The molecular formula is C19H24N2. The van der Waals surface area contributed by atoms with Gasteiger partial charge in [-0.1, -0.05) is 48.5 Å². The predicted molar refractivity (Wildman–Crippen MR) is 89.8 cm³/mol. The molecule has 0 bridgehead atoms. The molecule has 2 aromatic carbocycles. The molecule has 0 aliphatic carbocycles. The summed E-state index contributed by atoms with van der Waals surface area (Å²) in [7, 11) is 0. The van der Waals surface area contributed by atoms with Gasteiger partial charge in [0.2, 0.25) is 0 Å². The second-order valence-electron chi connectivity index (χ2n) is 5.90. The number of nitrogens with zero attached hydrogens (tertiary/aromatic N) is 2. The van der Waals surface area contributed by atoms with Gasteiger partial charge in [-0.3, -0.25) is 4.90 Å². The van der Waals surface area contributed by atoms with E-state index in [1.165, 1.54) is 16.8 Å². The first-order valence-electron chi connectivity index (χ1n) is 7.85. The smallest absolute Gasteiger partial charge is 0.0396 e. The van der Waals surface area contributed by atoms with Crippen molar-refractivity contribution in [3.63, 3.8) is 0 Å². The second kappa shape index (κ2) is 6.31. The number of aryl methyl sites for hydroxylation is 1. The van der Waals surface area contributed by atoms with E-state index in [0.29, 0.717) is 6.04 Å². The van der Waals surface area contributed by atoms with E-state index < -0.39 is 0 Å². The van der Waals surface area contributed by atoms with Crippen LogP contribution in [0.4, 0.5) is 5.69 Å². The minimum Gasteiger partial charge on any atom is -0.369 e. The van der Waals surface area contributed by atoms with Crippen LogP contribution in [-0.4, -0.2) is 31.1 Å². The summed E-state index contributed by atoms with van der Waals surface area (Å²) >= 11 is 0. The molecule has 1 fully saturated rings. The third kappa shape index (κ3) is 3.11. The highest BCUT2D eigenvalue weighted by Gasteiger charge is 2.22. The number of anilines is 1. The van der Waals surface area contributed by atoms with Crippen LogP contribution < -0.4 is 4.90 Å². The fourth-order valence-electron chi connectivity index (χ4n) is 3.21. The Bertz CT molecular complexity index is 571. The van der Waals surface area contributed by atoms with Crippen molar-refractivity contribution in [3.8, 4) is 0 Å². The zero-order valence-electron chi connectivity index (χ0n) is 13.0. The van der Waals surface area contributed by atoms with Crippen LogP contribution in [0.2, 0.25) is 0 Å². The van der Waals surface area contributed by atoms with Gasteiger partial charge in [0, 0.05) is 37.9 Å². The molecule has 0 amide bonds. The molecule has 1 saturated heterocycles. The Balaban J connectivity index is 1.64. The summed E-state index contributed by atoms with van der Waals surface area (Å²) in [5.74, 6) is 0. The van der Waals surface area contributed by atoms with E-state index in [4.69, 9.17) is 0 Å². The maximum atomic E-state index is 2.59. The average molecular weight is 280 g/mol. The molecule has 1 aliphatic rings. The van der Waals surface area contributed by atoms with Crippen molar-refractivity contribution < 1.29 is 0 Å². The molecule has 0 aromatic heterocycles. The molecular weight excluding hydrogens is 256 g/mol. The van der Waals surface area contributed by atoms with Gasteiger partial charge in [-0.2, -0.15) is 0 Å². The highest BCUT2D eigenvalue weighted by Crippen LogP contribution is 2.25. The molecule has 0 N–H and O–H groups in total. The van der Waals surface area contributed by atoms with Gasteiger partial charge >= 0.3 is 0 Å². The molecule has 1 unspecified atom stereocenters.